The molecular weight excluding hydrogens is 250 g/mol. The lowest BCUT2D eigenvalue weighted by Gasteiger charge is -2.34. The first-order chi connectivity index (χ1) is 9.70. The Labute approximate surface area is 121 Å². The molecule has 0 amide bonds. The van der Waals surface area contributed by atoms with Crippen LogP contribution in [0.3, 0.4) is 0 Å². The average Bonchev–Trinajstić information content (AvgIpc) is 2.49. The predicted octanol–water partition coefficient (Wildman–Crippen LogP) is 2.60. The maximum Gasteiger partial charge on any atom is 0.118 e. The molecule has 4 nitrogen and oxygen atoms in total. The van der Waals surface area contributed by atoms with E-state index < -0.39 is 0 Å². The highest BCUT2D eigenvalue weighted by Crippen LogP contribution is 2.26. The summed E-state index contributed by atoms with van der Waals surface area (Å²) in [5.41, 5.74) is 6.99. The zero-order valence-electron chi connectivity index (χ0n) is 12.5. The highest BCUT2D eigenvalue weighted by atomic mass is 16.5. The van der Waals surface area contributed by atoms with Crippen LogP contribution in [0.4, 0.5) is 0 Å². The normalized spacial score (nSPS) is 18.8. The Kier molecular flexibility index (Phi) is 5.41. The van der Waals surface area contributed by atoms with E-state index in [1.54, 1.807) is 7.11 Å². The minimum absolute atomic E-state index is 0.319. The fourth-order valence-electron chi connectivity index (χ4n) is 2.72. The first-order valence-corrected chi connectivity index (χ1v) is 7.35. The summed E-state index contributed by atoms with van der Waals surface area (Å²) in [7, 11) is 1.69. The lowest BCUT2D eigenvalue weighted by Crippen LogP contribution is -2.35. The van der Waals surface area contributed by atoms with Gasteiger partial charge in [-0.25, -0.2) is 0 Å². The monoisotopic (exact) mass is 275 g/mol. The van der Waals surface area contributed by atoms with Gasteiger partial charge in [0.2, 0.25) is 0 Å². The molecule has 1 heterocycles. The fraction of sp³-hybridized carbons (Fsp3) is 0.562. The number of piperidine rings is 1. The van der Waals surface area contributed by atoms with Crippen molar-refractivity contribution in [3.8, 4) is 5.75 Å². The van der Waals surface area contributed by atoms with Crippen molar-refractivity contribution in [2.24, 2.45) is 10.7 Å². The van der Waals surface area contributed by atoms with E-state index in [9.17, 15) is 0 Å². The predicted molar refractivity (Wildman–Crippen MR) is 83.3 cm³/mol. The second-order valence-electron chi connectivity index (χ2n) is 5.37. The van der Waals surface area contributed by atoms with Crippen LogP contribution in [0.15, 0.2) is 29.3 Å². The number of ether oxygens (including phenoxy) is 1. The summed E-state index contributed by atoms with van der Waals surface area (Å²) in [4.78, 5) is 6.97. The van der Waals surface area contributed by atoms with Crippen molar-refractivity contribution in [2.75, 3.05) is 26.7 Å². The number of hydrogen-bond donors (Lipinski definition) is 1. The van der Waals surface area contributed by atoms with Crippen LogP contribution < -0.4 is 10.5 Å². The largest absolute Gasteiger partial charge is 0.497 e. The third-order valence-corrected chi connectivity index (χ3v) is 3.85. The summed E-state index contributed by atoms with van der Waals surface area (Å²) in [5, 5.41) is 0. The molecule has 1 aromatic carbocycles. The lowest BCUT2D eigenvalue weighted by molar-refractivity contribution is 0.168. The van der Waals surface area contributed by atoms with Crippen molar-refractivity contribution in [3.63, 3.8) is 0 Å². The molecule has 1 atom stereocenters. The number of rotatable bonds is 5. The summed E-state index contributed by atoms with van der Waals surface area (Å²) in [6.07, 6.45) is 3.89. The maximum absolute atomic E-state index is 5.71. The first-order valence-electron chi connectivity index (χ1n) is 7.35. The van der Waals surface area contributed by atoms with Crippen LogP contribution >= 0.6 is 0 Å². The molecule has 0 aliphatic carbocycles. The van der Waals surface area contributed by atoms with Crippen LogP contribution in [-0.2, 0) is 0 Å². The topological polar surface area (TPSA) is 50.9 Å². The van der Waals surface area contributed by atoms with E-state index in [0.29, 0.717) is 11.9 Å². The number of nitrogens with zero attached hydrogens (tertiary/aromatic N) is 2. The van der Waals surface area contributed by atoms with Crippen LogP contribution in [0.2, 0.25) is 0 Å². The zero-order chi connectivity index (χ0) is 14.4. The number of benzene rings is 1. The molecule has 0 spiro atoms. The van der Waals surface area contributed by atoms with Gasteiger partial charge in [-0.3, -0.25) is 9.89 Å². The Morgan fingerprint density at radius 2 is 1.90 bits per heavy atom. The van der Waals surface area contributed by atoms with Crippen molar-refractivity contribution < 1.29 is 4.74 Å². The summed E-state index contributed by atoms with van der Waals surface area (Å²) < 4.78 is 5.23. The Bertz CT molecular complexity index is 432. The van der Waals surface area contributed by atoms with E-state index in [-0.39, 0.29) is 0 Å². The number of likely N-dealkylation sites (tertiary alicyclic amines) is 1. The van der Waals surface area contributed by atoms with Crippen LogP contribution in [0.5, 0.6) is 5.75 Å². The van der Waals surface area contributed by atoms with Gasteiger partial charge in [0.15, 0.2) is 0 Å². The number of methoxy groups -OCH3 is 1. The molecule has 110 valence electrons. The fourth-order valence-corrected chi connectivity index (χ4v) is 2.72. The van der Waals surface area contributed by atoms with Gasteiger partial charge in [0.25, 0.3) is 0 Å². The van der Waals surface area contributed by atoms with Crippen LogP contribution in [0, 0.1) is 0 Å². The standard InChI is InChI=1S/C16H25N3O/c1-13(17)18-12-16(19-10-4-3-5-11-19)14-6-8-15(20-2)9-7-14/h6-9,16H,3-5,10-12H2,1-2H3,(H2,17,18)/t16-/m0/s1. The van der Waals surface area contributed by atoms with Crippen LogP contribution in [0.1, 0.15) is 37.8 Å². The van der Waals surface area contributed by atoms with Gasteiger partial charge in [0, 0.05) is 0 Å². The van der Waals surface area contributed by atoms with Crippen molar-refractivity contribution in [2.45, 2.75) is 32.2 Å². The molecule has 0 saturated carbocycles. The molecule has 2 N–H and O–H groups in total. The van der Waals surface area contributed by atoms with Crippen LogP contribution in [0.25, 0.3) is 0 Å². The van der Waals surface area contributed by atoms with E-state index >= 15 is 0 Å². The third-order valence-electron chi connectivity index (χ3n) is 3.85. The molecule has 1 aliphatic heterocycles. The number of aliphatic imine (C=N–C) groups is 1. The van der Waals surface area contributed by atoms with Gasteiger partial charge >= 0.3 is 0 Å². The summed E-state index contributed by atoms with van der Waals surface area (Å²) in [6, 6.07) is 8.63. The molecule has 1 aliphatic rings. The van der Waals surface area contributed by atoms with Crippen molar-refractivity contribution in [1.82, 2.24) is 4.90 Å². The van der Waals surface area contributed by atoms with Crippen LogP contribution in [-0.4, -0.2) is 37.5 Å². The molecule has 1 aromatic rings. The smallest absolute Gasteiger partial charge is 0.118 e. The van der Waals surface area contributed by atoms with Gasteiger partial charge in [0.05, 0.1) is 25.5 Å². The SMILES string of the molecule is COc1ccc([C@H](CN=C(C)N)N2CCCCC2)cc1. The lowest BCUT2D eigenvalue weighted by atomic mass is 10.0. The molecule has 0 unspecified atom stereocenters. The Hall–Kier alpha value is -1.55. The van der Waals surface area contributed by atoms with E-state index in [0.717, 1.165) is 25.4 Å². The number of amidine groups is 1. The van der Waals surface area contributed by atoms with E-state index in [2.05, 4.69) is 22.0 Å². The first kappa shape index (κ1) is 14.9. The van der Waals surface area contributed by atoms with Crippen molar-refractivity contribution in [3.05, 3.63) is 29.8 Å². The van der Waals surface area contributed by atoms with Gasteiger partial charge < -0.3 is 10.5 Å². The zero-order valence-corrected chi connectivity index (χ0v) is 12.5. The Balaban J connectivity index is 2.16. The number of nitrogens with two attached hydrogens (primary N) is 1. The molecule has 4 heteroatoms. The Morgan fingerprint density at radius 1 is 1.25 bits per heavy atom. The Morgan fingerprint density at radius 3 is 2.45 bits per heavy atom. The van der Waals surface area contributed by atoms with Gasteiger partial charge in [-0.2, -0.15) is 0 Å². The molecule has 2 rings (SSSR count). The average molecular weight is 275 g/mol. The van der Waals surface area contributed by atoms with E-state index in [1.807, 2.05) is 19.1 Å². The number of hydrogen-bond acceptors (Lipinski definition) is 3. The van der Waals surface area contributed by atoms with E-state index in [1.165, 1.54) is 24.8 Å². The quantitative estimate of drug-likeness (QED) is 0.664. The molecule has 0 radical (unpaired) electrons. The van der Waals surface area contributed by atoms with Gasteiger partial charge in [-0.1, -0.05) is 18.6 Å². The molecule has 20 heavy (non-hydrogen) atoms. The molecular formula is C16H25N3O. The minimum Gasteiger partial charge on any atom is -0.497 e. The second-order valence-corrected chi connectivity index (χ2v) is 5.37. The summed E-state index contributed by atoms with van der Waals surface area (Å²) in [6.45, 7) is 4.88. The van der Waals surface area contributed by atoms with Gasteiger partial charge in [-0.05, 0) is 50.6 Å². The highest BCUT2D eigenvalue weighted by molar-refractivity contribution is 5.77. The van der Waals surface area contributed by atoms with Gasteiger partial charge in [-0.15, -0.1) is 0 Å². The van der Waals surface area contributed by atoms with Crippen molar-refractivity contribution >= 4 is 5.84 Å². The highest BCUT2D eigenvalue weighted by Gasteiger charge is 2.22. The molecule has 1 saturated heterocycles. The van der Waals surface area contributed by atoms with Gasteiger partial charge in [0.1, 0.15) is 5.75 Å². The molecule has 0 bridgehead atoms. The molecule has 0 aromatic heterocycles. The third kappa shape index (κ3) is 3.97. The van der Waals surface area contributed by atoms with E-state index in [4.69, 9.17) is 10.5 Å². The van der Waals surface area contributed by atoms with Crippen molar-refractivity contribution in [1.29, 1.82) is 0 Å². The summed E-state index contributed by atoms with van der Waals surface area (Å²) in [5.74, 6) is 1.55. The molecule has 1 fully saturated rings. The minimum atomic E-state index is 0.319. The second kappa shape index (κ2) is 7.29. The maximum atomic E-state index is 5.71. The summed E-state index contributed by atoms with van der Waals surface area (Å²) >= 11 is 0.